The molecule has 0 unspecified atom stereocenters. The van der Waals surface area contributed by atoms with Gasteiger partial charge in [-0.25, -0.2) is 4.98 Å². The van der Waals surface area contributed by atoms with Crippen molar-refractivity contribution in [2.45, 2.75) is 10.9 Å². The fraction of sp³-hybridized carbons (Fsp3) is 0.150. The summed E-state index contributed by atoms with van der Waals surface area (Å²) in [6.45, 7) is 0. The second kappa shape index (κ2) is 8.86. The number of methoxy groups -OCH3 is 2. The van der Waals surface area contributed by atoms with Crippen LogP contribution < -0.4 is 9.47 Å². The molecule has 0 amide bonds. The Morgan fingerprint density at radius 3 is 2.83 bits per heavy atom. The van der Waals surface area contributed by atoms with E-state index in [1.165, 1.54) is 0 Å². The third kappa shape index (κ3) is 4.39. The molecule has 0 saturated carbocycles. The van der Waals surface area contributed by atoms with Crippen molar-refractivity contribution in [3.8, 4) is 27.8 Å². The van der Waals surface area contributed by atoms with Gasteiger partial charge in [0.2, 0.25) is 0 Å². The van der Waals surface area contributed by atoms with Gasteiger partial charge in [-0.15, -0.1) is 21.5 Å². The van der Waals surface area contributed by atoms with Crippen LogP contribution >= 0.6 is 34.7 Å². The van der Waals surface area contributed by atoms with Gasteiger partial charge in [0.25, 0.3) is 0 Å². The van der Waals surface area contributed by atoms with Crippen molar-refractivity contribution in [1.82, 2.24) is 19.7 Å². The third-order valence-corrected chi connectivity index (χ3v) is 6.28. The lowest BCUT2D eigenvalue weighted by Crippen LogP contribution is -1.95. The normalized spacial score (nSPS) is 10.9. The second-order valence-corrected chi connectivity index (χ2v) is 8.20. The van der Waals surface area contributed by atoms with Gasteiger partial charge < -0.3 is 9.47 Å². The first-order chi connectivity index (χ1) is 14.2. The van der Waals surface area contributed by atoms with E-state index in [4.69, 9.17) is 26.1 Å². The van der Waals surface area contributed by atoms with Crippen LogP contribution in [-0.2, 0) is 5.75 Å². The lowest BCUT2D eigenvalue weighted by molar-refractivity contribution is 0.395. The molecule has 0 radical (unpaired) electrons. The number of aromatic nitrogens is 4. The molecule has 2 aromatic carbocycles. The maximum absolute atomic E-state index is 6.10. The highest BCUT2D eigenvalue weighted by molar-refractivity contribution is 7.98. The maximum Gasteiger partial charge on any atom is 0.195 e. The molecule has 0 N–H and O–H groups in total. The Kier molecular flexibility index (Phi) is 6.03. The molecular weight excluding hydrogens is 428 g/mol. The molecule has 0 saturated heterocycles. The van der Waals surface area contributed by atoms with Gasteiger partial charge in [-0.3, -0.25) is 4.57 Å². The largest absolute Gasteiger partial charge is 0.497 e. The van der Waals surface area contributed by atoms with Gasteiger partial charge >= 0.3 is 0 Å². The highest BCUT2D eigenvalue weighted by Gasteiger charge is 2.13. The molecular formula is C20H17ClN4O2S2. The smallest absolute Gasteiger partial charge is 0.195 e. The van der Waals surface area contributed by atoms with Crippen LogP contribution in [0.25, 0.3) is 16.3 Å². The molecule has 4 rings (SSSR count). The van der Waals surface area contributed by atoms with Crippen LogP contribution in [0.1, 0.15) is 5.69 Å². The molecule has 6 nitrogen and oxygen atoms in total. The highest BCUT2D eigenvalue weighted by atomic mass is 35.5. The zero-order valence-electron chi connectivity index (χ0n) is 15.7. The van der Waals surface area contributed by atoms with Gasteiger partial charge in [0, 0.05) is 22.2 Å². The average molecular weight is 445 g/mol. The summed E-state index contributed by atoms with van der Waals surface area (Å²) in [6.07, 6.45) is 1.68. The second-order valence-electron chi connectivity index (χ2n) is 5.96. The summed E-state index contributed by atoms with van der Waals surface area (Å²) < 4.78 is 12.7. The Labute approximate surface area is 181 Å². The molecule has 2 heterocycles. The van der Waals surface area contributed by atoms with Gasteiger partial charge in [-0.1, -0.05) is 29.4 Å². The van der Waals surface area contributed by atoms with E-state index in [1.807, 2.05) is 52.4 Å². The monoisotopic (exact) mass is 444 g/mol. The van der Waals surface area contributed by atoms with E-state index in [1.54, 1.807) is 43.6 Å². The molecule has 4 aromatic rings. The summed E-state index contributed by atoms with van der Waals surface area (Å²) in [4.78, 5) is 4.76. The van der Waals surface area contributed by atoms with E-state index < -0.39 is 0 Å². The summed E-state index contributed by atoms with van der Waals surface area (Å²) in [5.41, 5.74) is 2.83. The number of thiazole rings is 1. The van der Waals surface area contributed by atoms with E-state index in [0.29, 0.717) is 10.8 Å². The van der Waals surface area contributed by atoms with Crippen molar-refractivity contribution in [2.24, 2.45) is 0 Å². The Balaban J connectivity index is 1.51. The minimum atomic E-state index is 0.671. The van der Waals surface area contributed by atoms with Crippen molar-refractivity contribution in [3.05, 3.63) is 64.9 Å². The standard InChI is InChI=1S/C20H17ClN4O2S2/c1-26-16-6-7-17(18(9-16)27-2)19-23-14(10-28-19)11-29-20-24-22-12-25(20)15-5-3-4-13(21)8-15/h3-10,12H,11H2,1-2H3. The summed E-state index contributed by atoms with van der Waals surface area (Å²) in [5, 5.41) is 12.7. The molecule has 0 fully saturated rings. The zero-order valence-corrected chi connectivity index (χ0v) is 18.1. The Morgan fingerprint density at radius 1 is 1.14 bits per heavy atom. The molecule has 9 heteroatoms. The fourth-order valence-corrected chi connectivity index (χ4v) is 4.70. The van der Waals surface area contributed by atoms with Crippen LogP contribution in [0, 0.1) is 0 Å². The van der Waals surface area contributed by atoms with Gasteiger partial charge in [-0.05, 0) is 30.3 Å². The number of ether oxygens (including phenoxy) is 2. The first kappa shape index (κ1) is 19.8. The van der Waals surface area contributed by atoms with Gasteiger partial charge in [0.15, 0.2) is 5.16 Å². The van der Waals surface area contributed by atoms with Crippen molar-refractivity contribution in [3.63, 3.8) is 0 Å². The molecule has 0 aliphatic rings. The number of halogens is 1. The van der Waals surface area contributed by atoms with Gasteiger partial charge in [0.05, 0.1) is 31.2 Å². The minimum absolute atomic E-state index is 0.671. The Morgan fingerprint density at radius 2 is 2.03 bits per heavy atom. The Bertz CT molecular complexity index is 1130. The number of hydrogen-bond acceptors (Lipinski definition) is 7. The zero-order chi connectivity index (χ0) is 20.2. The number of thioether (sulfide) groups is 1. The summed E-state index contributed by atoms with van der Waals surface area (Å²) >= 11 is 9.26. The van der Waals surface area contributed by atoms with Crippen LogP contribution in [0.5, 0.6) is 11.5 Å². The molecule has 0 atom stereocenters. The van der Waals surface area contributed by atoms with Crippen LogP contribution in [0.3, 0.4) is 0 Å². The van der Waals surface area contributed by atoms with E-state index in [0.717, 1.165) is 38.6 Å². The SMILES string of the molecule is COc1ccc(-c2nc(CSc3nncn3-c3cccc(Cl)c3)cs2)c(OC)c1. The van der Waals surface area contributed by atoms with E-state index in [2.05, 4.69) is 10.2 Å². The maximum atomic E-state index is 6.10. The molecule has 0 spiro atoms. The number of benzene rings is 2. The quantitative estimate of drug-likeness (QED) is 0.358. The van der Waals surface area contributed by atoms with Crippen molar-refractivity contribution in [1.29, 1.82) is 0 Å². The number of hydrogen-bond donors (Lipinski definition) is 0. The topological polar surface area (TPSA) is 62.1 Å². The first-order valence-corrected chi connectivity index (χ1v) is 10.9. The summed E-state index contributed by atoms with van der Waals surface area (Å²) in [7, 11) is 3.28. The molecule has 29 heavy (non-hydrogen) atoms. The van der Waals surface area contributed by atoms with Crippen LogP contribution in [0.15, 0.2) is 59.3 Å². The highest BCUT2D eigenvalue weighted by Crippen LogP contribution is 2.36. The molecule has 0 aliphatic heterocycles. The average Bonchev–Trinajstić information content (AvgIpc) is 3.41. The lowest BCUT2D eigenvalue weighted by Gasteiger charge is -2.08. The lowest BCUT2D eigenvalue weighted by atomic mass is 10.2. The number of rotatable bonds is 7. The fourth-order valence-electron chi connectivity index (χ4n) is 2.74. The van der Waals surface area contributed by atoms with Crippen LogP contribution in [-0.4, -0.2) is 34.0 Å². The van der Waals surface area contributed by atoms with E-state index in [-0.39, 0.29) is 0 Å². The minimum Gasteiger partial charge on any atom is -0.497 e. The molecule has 2 aromatic heterocycles. The van der Waals surface area contributed by atoms with Crippen molar-refractivity contribution >= 4 is 34.7 Å². The molecule has 0 bridgehead atoms. The van der Waals surface area contributed by atoms with Crippen LogP contribution in [0.2, 0.25) is 5.02 Å². The predicted molar refractivity (Wildman–Crippen MR) is 117 cm³/mol. The molecule has 0 aliphatic carbocycles. The van der Waals surface area contributed by atoms with Crippen LogP contribution in [0.4, 0.5) is 0 Å². The van der Waals surface area contributed by atoms with Gasteiger partial charge in [-0.2, -0.15) is 0 Å². The van der Waals surface area contributed by atoms with Crippen molar-refractivity contribution < 1.29 is 9.47 Å². The summed E-state index contributed by atoms with van der Waals surface area (Å²) in [5.74, 6) is 2.16. The van der Waals surface area contributed by atoms with E-state index in [9.17, 15) is 0 Å². The van der Waals surface area contributed by atoms with Gasteiger partial charge in [0.1, 0.15) is 22.8 Å². The summed E-state index contributed by atoms with van der Waals surface area (Å²) in [6, 6.07) is 13.3. The van der Waals surface area contributed by atoms with Crippen molar-refractivity contribution in [2.75, 3.05) is 14.2 Å². The Hall–Kier alpha value is -2.55. The number of nitrogens with zero attached hydrogens (tertiary/aromatic N) is 4. The first-order valence-electron chi connectivity index (χ1n) is 8.63. The third-order valence-electron chi connectivity index (χ3n) is 4.14. The predicted octanol–water partition coefficient (Wildman–Crippen LogP) is 5.35. The van der Waals surface area contributed by atoms with E-state index >= 15 is 0 Å². The molecule has 148 valence electrons.